The van der Waals surface area contributed by atoms with Gasteiger partial charge in [0, 0.05) is 18.8 Å². The lowest BCUT2D eigenvalue weighted by atomic mass is 9.89. The third-order valence-electron chi connectivity index (χ3n) is 5.80. The Morgan fingerprint density at radius 3 is 2.32 bits per heavy atom. The molecule has 1 aromatic heterocycles. The molecule has 5 rings (SSSR count). The molecule has 7 nitrogen and oxygen atoms in total. The molecule has 2 aliphatic rings. The first kappa shape index (κ1) is 19.4. The van der Waals surface area contributed by atoms with Crippen LogP contribution in [0.5, 0.6) is 11.5 Å². The maximum atomic E-state index is 5.35. The van der Waals surface area contributed by atoms with Crippen molar-refractivity contribution in [3.05, 3.63) is 82.8 Å². The summed E-state index contributed by atoms with van der Waals surface area (Å²) in [7, 11) is 5.51. The van der Waals surface area contributed by atoms with E-state index in [1.165, 1.54) is 11.1 Å². The zero-order valence-corrected chi connectivity index (χ0v) is 17.9. The summed E-state index contributed by atoms with van der Waals surface area (Å²) in [6.07, 6.45) is 3.84. The monoisotopic (exact) mass is 415 g/mol. The van der Waals surface area contributed by atoms with Crippen LogP contribution >= 0.6 is 0 Å². The molecular formula is C24H25N5O2. The average molecular weight is 415 g/mol. The SMILES string of the molecule is COc1ccc(/C=C2\CN(C)CC3=C2Nc2ncnn2C3c2ccc(OC)cc2)cc1. The van der Waals surface area contributed by atoms with Crippen molar-refractivity contribution in [2.24, 2.45) is 0 Å². The Labute approximate surface area is 181 Å². The van der Waals surface area contributed by atoms with Crippen molar-refractivity contribution in [1.29, 1.82) is 0 Å². The first-order valence-electron chi connectivity index (χ1n) is 10.2. The predicted octanol–water partition coefficient (Wildman–Crippen LogP) is 3.59. The zero-order chi connectivity index (χ0) is 21.4. The Hall–Kier alpha value is -3.58. The minimum Gasteiger partial charge on any atom is -0.497 e. The highest BCUT2D eigenvalue weighted by atomic mass is 16.5. The van der Waals surface area contributed by atoms with E-state index in [1.807, 2.05) is 28.9 Å². The number of hydrogen-bond donors (Lipinski definition) is 1. The molecule has 31 heavy (non-hydrogen) atoms. The molecule has 158 valence electrons. The Morgan fingerprint density at radius 2 is 1.65 bits per heavy atom. The van der Waals surface area contributed by atoms with Gasteiger partial charge in [-0.15, -0.1) is 0 Å². The number of likely N-dealkylation sites (N-methyl/N-ethyl adjacent to an activating group) is 1. The Morgan fingerprint density at radius 1 is 0.968 bits per heavy atom. The Bertz CT molecular complexity index is 1150. The maximum Gasteiger partial charge on any atom is 0.226 e. The quantitative estimate of drug-likeness (QED) is 0.703. The van der Waals surface area contributed by atoms with Crippen molar-refractivity contribution in [2.75, 3.05) is 39.7 Å². The fourth-order valence-electron chi connectivity index (χ4n) is 4.32. The second kappa shape index (κ2) is 7.92. The smallest absolute Gasteiger partial charge is 0.226 e. The second-order valence-electron chi connectivity index (χ2n) is 7.84. The van der Waals surface area contributed by atoms with Gasteiger partial charge < -0.3 is 14.8 Å². The topological polar surface area (TPSA) is 64.4 Å². The van der Waals surface area contributed by atoms with Gasteiger partial charge >= 0.3 is 0 Å². The lowest BCUT2D eigenvalue weighted by Crippen LogP contribution is -2.38. The van der Waals surface area contributed by atoms with Crippen molar-refractivity contribution >= 4 is 12.0 Å². The molecular weight excluding hydrogens is 390 g/mol. The summed E-state index contributed by atoms with van der Waals surface area (Å²) < 4.78 is 12.6. The van der Waals surface area contributed by atoms with Gasteiger partial charge in [0.25, 0.3) is 0 Å². The second-order valence-corrected chi connectivity index (χ2v) is 7.84. The molecule has 2 aromatic carbocycles. The van der Waals surface area contributed by atoms with Crippen molar-refractivity contribution in [2.45, 2.75) is 6.04 Å². The number of anilines is 1. The molecule has 0 spiro atoms. The van der Waals surface area contributed by atoms with Crippen LogP contribution < -0.4 is 14.8 Å². The molecule has 1 unspecified atom stereocenters. The summed E-state index contributed by atoms with van der Waals surface area (Å²) in [4.78, 5) is 6.79. The van der Waals surface area contributed by atoms with E-state index in [4.69, 9.17) is 9.47 Å². The summed E-state index contributed by atoms with van der Waals surface area (Å²) in [5, 5.41) is 8.07. The van der Waals surface area contributed by atoms with Crippen LogP contribution in [-0.4, -0.2) is 54.0 Å². The first-order chi connectivity index (χ1) is 15.2. The standard InChI is InChI=1S/C24H25N5O2/c1-28-13-18(12-16-4-8-19(30-2)9-5-16)22-21(14-28)23(29-24(27-22)25-15-26-29)17-6-10-20(31-3)11-7-17/h4-12,15,23H,13-14H2,1-3H3,(H,25,26,27)/b18-12+. The third kappa shape index (κ3) is 3.57. The number of hydrogen-bond acceptors (Lipinski definition) is 6. The van der Waals surface area contributed by atoms with E-state index in [1.54, 1.807) is 20.5 Å². The molecule has 3 aromatic rings. The number of methoxy groups -OCH3 is 2. The van der Waals surface area contributed by atoms with Crippen molar-refractivity contribution in [3.8, 4) is 11.5 Å². The summed E-state index contributed by atoms with van der Waals surface area (Å²) >= 11 is 0. The largest absolute Gasteiger partial charge is 0.497 e. The van der Waals surface area contributed by atoms with E-state index in [0.717, 1.165) is 47.4 Å². The molecule has 0 radical (unpaired) electrons. The van der Waals surface area contributed by atoms with Gasteiger partial charge in [0.05, 0.1) is 14.2 Å². The molecule has 2 aliphatic heterocycles. The van der Waals surface area contributed by atoms with Crippen LogP contribution in [0.3, 0.4) is 0 Å². The predicted molar refractivity (Wildman–Crippen MR) is 120 cm³/mol. The molecule has 7 heteroatoms. The van der Waals surface area contributed by atoms with Gasteiger partial charge in [-0.05, 0) is 59.7 Å². The van der Waals surface area contributed by atoms with Gasteiger partial charge in [0.2, 0.25) is 5.95 Å². The van der Waals surface area contributed by atoms with Gasteiger partial charge in [0.15, 0.2) is 0 Å². The van der Waals surface area contributed by atoms with E-state index in [0.29, 0.717) is 0 Å². The molecule has 1 N–H and O–H groups in total. The van der Waals surface area contributed by atoms with Crippen molar-refractivity contribution in [3.63, 3.8) is 0 Å². The van der Waals surface area contributed by atoms with E-state index in [9.17, 15) is 0 Å². The van der Waals surface area contributed by atoms with Crippen LogP contribution in [-0.2, 0) is 0 Å². The van der Waals surface area contributed by atoms with Crippen LogP contribution in [0.15, 0.2) is 71.7 Å². The van der Waals surface area contributed by atoms with Crippen molar-refractivity contribution < 1.29 is 9.47 Å². The van der Waals surface area contributed by atoms with Crippen LogP contribution in [0.25, 0.3) is 6.08 Å². The Kier molecular flexibility index (Phi) is 4.95. The molecule has 1 atom stereocenters. The van der Waals surface area contributed by atoms with Crippen LogP contribution in [0.1, 0.15) is 17.2 Å². The maximum absolute atomic E-state index is 5.35. The van der Waals surface area contributed by atoms with Crippen LogP contribution in [0, 0.1) is 0 Å². The average Bonchev–Trinajstić information content (AvgIpc) is 3.27. The number of aromatic nitrogens is 3. The van der Waals surface area contributed by atoms with Gasteiger partial charge in [-0.3, -0.25) is 4.90 Å². The number of nitrogens with zero attached hydrogens (tertiary/aromatic N) is 4. The van der Waals surface area contributed by atoms with Gasteiger partial charge in [-0.25, -0.2) is 4.68 Å². The molecule has 0 saturated heterocycles. The van der Waals surface area contributed by atoms with Gasteiger partial charge in [-0.2, -0.15) is 10.1 Å². The van der Waals surface area contributed by atoms with E-state index >= 15 is 0 Å². The molecule has 0 saturated carbocycles. The van der Waals surface area contributed by atoms with Gasteiger partial charge in [-0.1, -0.05) is 24.3 Å². The van der Waals surface area contributed by atoms with E-state index in [2.05, 4.69) is 57.7 Å². The summed E-state index contributed by atoms with van der Waals surface area (Å²) in [6.45, 7) is 1.69. The molecule has 0 amide bonds. The highest BCUT2D eigenvalue weighted by molar-refractivity contribution is 5.66. The summed E-state index contributed by atoms with van der Waals surface area (Å²) in [5.41, 5.74) is 5.92. The van der Waals surface area contributed by atoms with Crippen LogP contribution in [0.2, 0.25) is 0 Å². The fourth-order valence-corrected chi connectivity index (χ4v) is 4.32. The van der Waals surface area contributed by atoms with E-state index in [-0.39, 0.29) is 6.04 Å². The zero-order valence-electron chi connectivity index (χ0n) is 17.9. The Balaban J connectivity index is 1.61. The molecule has 0 bridgehead atoms. The third-order valence-corrected chi connectivity index (χ3v) is 5.80. The summed E-state index contributed by atoms with van der Waals surface area (Å²) in [5.74, 6) is 2.45. The normalized spacial score (nSPS) is 19.6. The molecule has 0 fully saturated rings. The molecule has 0 aliphatic carbocycles. The lowest BCUT2D eigenvalue weighted by molar-refractivity contribution is 0.360. The minimum absolute atomic E-state index is 0.0262. The number of rotatable bonds is 4. The number of nitrogens with one attached hydrogen (secondary N) is 1. The number of fused-ring (bicyclic) bond motifs is 1. The minimum atomic E-state index is -0.0262. The molecule has 3 heterocycles. The first-order valence-corrected chi connectivity index (χ1v) is 10.2. The van der Waals surface area contributed by atoms with E-state index < -0.39 is 0 Å². The fraction of sp³-hybridized carbons (Fsp3) is 0.250. The van der Waals surface area contributed by atoms with Crippen molar-refractivity contribution in [1.82, 2.24) is 19.7 Å². The number of ether oxygens (including phenoxy) is 2. The number of benzene rings is 2. The lowest BCUT2D eigenvalue weighted by Gasteiger charge is -2.38. The van der Waals surface area contributed by atoms with Crippen LogP contribution in [0.4, 0.5) is 5.95 Å². The van der Waals surface area contributed by atoms with Gasteiger partial charge in [0.1, 0.15) is 23.9 Å². The highest BCUT2D eigenvalue weighted by Crippen LogP contribution is 2.40. The summed E-state index contributed by atoms with van der Waals surface area (Å²) in [6, 6.07) is 16.3. The highest BCUT2D eigenvalue weighted by Gasteiger charge is 2.35.